The number of ether oxygens (including phenoxy) is 1. The van der Waals surface area contributed by atoms with E-state index in [0.717, 1.165) is 29.3 Å². The zero-order chi connectivity index (χ0) is 23.0. The van der Waals surface area contributed by atoms with Crippen LogP contribution in [-0.2, 0) is 9.53 Å². The van der Waals surface area contributed by atoms with Gasteiger partial charge in [-0.1, -0.05) is 80.3 Å². The number of hydrogen-bond acceptors (Lipinski definition) is 3. The van der Waals surface area contributed by atoms with E-state index >= 15 is 0 Å². The van der Waals surface area contributed by atoms with Crippen LogP contribution in [0.15, 0.2) is 65.7 Å². The summed E-state index contributed by atoms with van der Waals surface area (Å²) in [5.74, 6) is 2.71. The van der Waals surface area contributed by atoms with Crippen molar-refractivity contribution in [1.29, 1.82) is 0 Å². The van der Waals surface area contributed by atoms with Crippen molar-refractivity contribution in [3.8, 4) is 12.3 Å². The number of terminal acetylenes is 1. The Kier molecular flexibility index (Phi) is 8.06. The first kappa shape index (κ1) is 24.0. The van der Waals surface area contributed by atoms with Crippen LogP contribution in [0, 0.1) is 12.3 Å². The summed E-state index contributed by atoms with van der Waals surface area (Å²) in [5.41, 5.74) is 1.80. The van der Waals surface area contributed by atoms with Gasteiger partial charge in [-0.05, 0) is 18.9 Å². The number of nitrogens with zero attached hydrogens (tertiary/aromatic N) is 2. The molecule has 32 heavy (non-hydrogen) atoms. The minimum Gasteiger partial charge on any atom is -0.361 e. The number of hydrogen-bond donors (Lipinski definition) is 0. The fourth-order valence-corrected chi connectivity index (χ4v) is 4.68. The SMILES string of the molecule is C#CCC1(N=C(c2ccccc2)c2ccccc2)CCCN(COCC[Si](C)(C)C)C1=O. The lowest BCUT2D eigenvalue weighted by molar-refractivity contribution is -0.145. The molecule has 0 aliphatic carbocycles. The van der Waals surface area contributed by atoms with Crippen molar-refractivity contribution in [2.24, 2.45) is 4.99 Å². The number of amides is 1. The predicted molar refractivity (Wildman–Crippen MR) is 135 cm³/mol. The highest BCUT2D eigenvalue weighted by molar-refractivity contribution is 6.76. The van der Waals surface area contributed by atoms with Gasteiger partial charge in [0.05, 0.1) is 5.71 Å². The fourth-order valence-electron chi connectivity index (χ4n) is 3.92. The Hall–Kier alpha value is -2.68. The van der Waals surface area contributed by atoms with Crippen molar-refractivity contribution >= 4 is 19.7 Å². The Morgan fingerprint density at radius 2 is 1.69 bits per heavy atom. The maximum absolute atomic E-state index is 13.7. The molecule has 0 saturated carbocycles. The molecule has 0 spiro atoms. The summed E-state index contributed by atoms with van der Waals surface area (Å²) in [6.45, 7) is 8.64. The van der Waals surface area contributed by atoms with Gasteiger partial charge in [-0.3, -0.25) is 9.79 Å². The van der Waals surface area contributed by atoms with Gasteiger partial charge in [0.2, 0.25) is 0 Å². The Morgan fingerprint density at radius 3 is 2.22 bits per heavy atom. The van der Waals surface area contributed by atoms with Crippen LogP contribution >= 0.6 is 0 Å². The first-order valence-electron chi connectivity index (χ1n) is 11.4. The second-order valence-electron chi connectivity index (χ2n) is 9.63. The monoisotopic (exact) mass is 446 g/mol. The van der Waals surface area contributed by atoms with Crippen molar-refractivity contribution in [2.45, 2.75) is 50.5 Å². The molecule has 1 amide bonds. The first-order chi connectivity index (χ1) is 15.3. The molecule has 0 N–H and O–H groups in total. The van der Waals surface area contributed by atoms with Crippen LogP contribution in [0.4, 0.5) is 0 Å². The summed E-state index contributed by atoms with van der Waals surface area (Å²) in [6, 6.07) is 21.1. The highest BCUT2D eigenvalue weighted by Crippen LogP contribution is 2.32. The molecule has 168 valence electrons. The van der Waals surface area contributed by atoms with Crippen LogP contribution in [-0.4, -0.2) is 50.0 Å². The Balaban J connectivity index is 1.92. The standard InChI is InChI=1S/C27H34N2O2Si/c1-5-17-27(18-12-19-29(26(27)30)22-31-20-21-32(2,3)4)28-25(23-13-8-6-9-14-23)24-15-10-7-11-16-24/h1,6-11,13-16H,12,17-22H2,2-4H3. The normalized spacial score (nSPS) is 18.8. The van der Waals surface area contributed by atoms with Gasteiger partial charge in [0, 0.05) is 38.8 Å². The van der Waals surface area contributed by atoms with E-state index in [1.807, 2.05) is 60.7 Å². The third-order valence-corrected chi connectivity index (χ3v) is 7.47. The summed E-state index contributed by atoms with van der Waals surface area (Å²) in [5, 5.41) is 0. The quantitative estimate of drug-likeness (QED) is 0.229. The van der Waals surface area contributed by atoms with Crippen LogP contribution in [0.3, 0.4) is 0 Å². The molecule has 1 unspecified atom stereocenters. The average molecular weight is 447 g/mol. The van der Waals surface area contributed by atoms with Crippen LogP contribution < -0.4 is 0 Å². The third kappa shape index (κ3) is 6.18. The minimum atomic E-state index is -1.18. The summed E-state index contributed by atoms with van der Waals surface area (Å²) < 4.78 is 5.90. The zero-order valence-electron chi connectivity index (χ0n) is 19.5. The predicted octanol–water partition coefficient (Wildman–Crippen LogP) is 5.22. The first-order valence-corrected chi connectivity index (χ1v) is 15.1. The fraction of sp³-hybridized carbons (Fsp3) is 0.407. The van der Waals surface area contributed by atoms with Crippen LogP contribution in [0.25, 0.3) is 0 Å². The van der Waals surface area contributed by atoms with Gasteiger partial charge in [-0.2, -0.15) is 0 Å². The van der Waals surface area contributed by atoms with Crippen LogP contribution in [0.1, 0.15) is 30.4 Å². The highest BCUT2D eigenvalue weighted by atomic mass is 28.3. The van der Waals surface area contributed by atoms with Gasteiger partial charge in [0.25, 0.3) is 5.91 Å². The highest BCUT2D eigenvalue weighted by Gasteiger charge is 2.44. The van der Waals surface area contributed by atoms with Crippen molar-refractivity contribution in [3.05, 3.63) is 71.8 Å². The van der Waals surface area contributed by atoms with E-state index in [9.17, 15) is 4.79 Å². The number of piperidine rings is 1. The molecule has 1 aliphatic heterocycles. The van der Waals surface area contributed by atoms with E-state index in [1.165, 1.54) is 0 Å². The zero-order valence-corrected chi connectivity index (χ0v) is 20.5. The molecule has 2 aromatic rings. The summed E-state index contributed by atoms with van der Waals surface area (Å²) in [7, 11) is -1.18. The van der Waals surface area contributed by atoms with Crippen LogP contribution in [0.2, 0.25) is 25.7 Å². The molecule has 3 rings (SSSR count). The molecular weight excluding hydrogens is 412 g/mol. The third-order valence-electron chi connectivity index (χ3n) is 5.76. The number of rotatable bonds is 9. The number of benzene rings is 2. The van der Waals surface area contributed by atoms with Gasteiger partial charge in [-0.25, -0.2) is 0 Å². The largest absolute Gasteiger partial charge is 0.361 e. The lowest BCUT2D eigenvalue weighted by atomic mass is 9.85. The average Bonchev–Trinajstić information content (AvgIpc) is 2.78. The lowest BCUT2D eigenvalue weighted by Gasteiger charge is -2.38. The molecule has 1 fully saturated rings. The topological polar surface area (TPSA) is 41.9 Å². The lowest BCUT2D eigenvalue weighted by Crippen LogP contribution is -2.53. The Bertz CT molecular complexity index is 919. The van der Waals surface area contributed by atoms with Crippen molar-refractivity contribution in [1.82, 2.24) is 4.90 Å². The van der Waals surface area contributed by atoms with Gasteiger partial charge >= 0.3 is 0 Å². The molecule has 1 aliphatic rings. The van der Waals surface area contributed by atoms with Gasteiger partial charge in [0.1, 0.15) is 6.73 Å². The number of carbonyl (C=O) groups excluding carboxylic acids is 1. The van der Waals surface area contributed by atoms with Crippen molar-refractivity contribution in [3.63, 3.8) is 0 Å². The minimum absolute atomic E-state index is 0.0286. The van der Waals surface area contributed by atoms with Crippen LogP contribution in [0.5, 0.6) is 0 Å². The second-order valence-corrected chi connectivity index (χ2v) is 15.2. The van der Waals surface area contributed by atoms with E-state index in [4.69, 9.17) is 16.2 Å². The molecule has 0 radical (unpaired) electrons. The van der Waals surface area contributed by atoms with E-state index in [0.29, 0.717) is 26.3 Å². The van der Waals surface area contributed by atoms with Gasteiger partial charge in [0.15, 0.2) is 5.54 Å². The summed E-state index contributed by atoms with van der Waals surface area (Å²) in [4.78, 5) is 20.6. The molecule has 0 bridgehead atoms. The Labute approximate surface area is 193 Å². The maximum atomic E-state index is 13.7. The molecule has 4 nitrogen and oxygen atoms in total. The van der Waals surface area contributed by atoms with Crippen molar-refractivity contribution < 1.29 is 9.53 Å². The number of aliphatic imine (C=N–C) groups is 1. The van der Waals surface area contributed by atoms with E-state index < -0.39 is 13.6 Å². The van der Waals surface area contributed by atoms with Gasteiger partial charge < -0.3 is 9.64 Å². The Morgan fingerprint density at radius 1 is 1.09 bits per heavy atom. The van der Waals surface area contributed by atoms with E-state index in [2.05, 4.69) is 25.6 Å². The molecule has 1 heterocycles. The molecule has 5 heteroatoms. The maximum Gasteiger partial charge on any atom is 0.253 e. The number of carbonyl (C=O) groups is 1. The molecule has 1 saturated heterocycles. The molecule has 0 aromatic heterocycles. The molecule has 2 aromatic carbocycles. The molecule has 1 atom stereocenters. The second kappa shape index (κ2) is 10.8. The smallest absolute Gasteiger partial charge is 0.253 e. The number of likely N-dealkylation sites (tertiary alicyclic amines) is 1. The van der Waals surface area contributed by atoms with Gasteiger partial charge in [-0.15, -0.1) is 12.3 Å². The van der Waals surface area contributed by atoms with E-state index in [-0.39, 0.29) is 12.3 Å². The molecular formula is C27H34N2O2Si. The van der Waals surface area contributed by atoms with Crippen molar-refractivity contribution in [2.75, 3.05) is 19.9 Å². The summed E-state index contributed by atoms with van der Waals surface area (Å²) in [6.07, 6.45) is 7.53. The van der Waals surface area contributed by atoms with E-state index in [1.54, 1.807) is 4.90 Å². The summed E-state index contributed by atoms with van der Waals surface area (Å²) >= 11 is 0.